The number of hydrogen-bond donors (Lipinski definition) is 2. The van der Waals surface area contributed by atoms with E-state index >= 15 is 0 Å². The number of nitrogens with zero attached hydrogens (tertiary/aromatic N) is 3. The van der Waals surface area contributed by atoms with Gasteiger partial charge < -0.3 is 16.0 Å². The third-order valence-electron chi connectivity index (χ3n) is 2.97. The molecule has 7 heteroatoms. The first kappa shape index (κ1) is 14.9. The minimum Gasteiger partial charge on any atom is -0.389 e. The van der Waals surface area contributed by atoms with E-state index < -0.39 is 0 Å². The summed E-state index contributed by atoms with van der Waals surface area (Å²) in [4.78, 5) is 13.6. The van der Waals surface area contributed by atoms with Crippen molar-refractivity contribution in [3.8, 4) is 0 Å². The van der Waals surface area contributed by atoms with Crippen molar-refractivity contribution >= 4 is 34.6 Å². The van der Waals surface area contributed by atoms with Crippen LogP contribution >= 0.6 is 12.2 Å². The van der Waals surface area contributed by atoms with Crippen molar-refractivity contribution in [2.45, 2.75) is 0 Å². The zero-order chi connectivity index (χ0) is 15.4. The van der Waals surface area contributed by atoms with Gasteiger partial charge in [-0.1, -0.05) is 24.4 Å². The van der Waals surface area contributed by atoms with Gasteiger partial charge in [0.25, 0.3) is 5.91 Å². The SMILES string of the molecule is CNC(=O)c1ccc(N(C)c2cccc(C(N)=S)c2)nn1. The molecule has 6 nitrogen and oxygen atoms in total. The minimum atomic E-state index is -0.271. The number of hydrogen-bond acceptors (Lipinski definition) is 5. The van der Waals surface area contributed by atoms with Crippen LogP contribution in [0.2, 0.25) is 0 Å². The Morgan fingerprint density at radius 3 is 2.62 bits per heavy atom. The number of nitrogens with one attached hydrogen (secondary N) is 1. The normalized spacial score (nSPS) is 10.0. The van der Waals surface area contributed by atoms with Crippen LogP contribution in [0.1, 0.15) is 16.1 Å². The van der Waals surface area contributed by atoms with Gasteiger partial charge in [-0.15, -0.1) is 10.2 Å². The maximum Gasteiger partial charge on any atom is 0.271 e. The number of carbonyl (C=O) groups excluding carboxylic acids is 1. The van der Waals surface area contributed by atoms with Crippen molar-refractivity contribution < 1.29 is 4.79 Å². The van der Waals surface area contributed by atoms with Gasteiger partial charge in [-0.2, -0.15) is 0 Å². The topological polar surface area (TPSA) is 84.1 Å². The lowest BCUT2D eigenvalue weighted by molar-refractivity contribution is 0.0957. The second-order valence-corrected chi connectivity index (χ2v) is 4.77. The lowest BCUT2D eigenvalue weighted by Gasteiger charge is -2.18. The molecular formula is C14H15N5OS. The Labute approximate surface area is 128 Å². The van der Waals surface area contributed by atoms with Crippen molar-refractivity contribution in [3.63, 3.8) is 0 Å². The average Bonchev–Trinajstić information content (AvgIpc) is 2.53. The standard InChI is InChI=1S/C14H15N5OS/c1-16-14(20)11-6-7-12(18-17-11)19(2)10-5-3-4-9(8-10)13(15)21/h3-8H,1-2H3,(H2,15,21)(H,16,20). The van der Waals surface area contributed by atoms with E-state index in [9.17, 15) is 4.79 Å². The summed E-state index contributed by atoms with van der Waals surface area (Å²) in [5.41, 5.74) is 7.56. The highest BCUT2D eigenvalue weighted by Crippen LogP contribution is 2.22. The molecule has 0 radical (unpaired) electrons. The molecule has 1 amide bonds. The third-order valence-corrected chi connectivity index (χ3v) is 3.21. The maximum atomic E-state index is 11.4. The van der Waals surface area contributed by atoms with Crippen LogP contribution < -0.4 is 16.0 Å². The number of aromatic nitrogens is 2. The van der Waals surface area contributed by atoms with Gasteiger partial charge >= 0.3 is 0 Å². The zero-order valence-electron chi connectivity index (χ0n) is 11.7. The summed E-state index contributed by atoms with van der Waals surface area (Å²) in [5.74, 6) is 0.343. The van der Waals surface area contributed by atoms with Crippen LogP contribution in [0.5, 0.6) is 0 Å². The molecule has 0 aliphatic heterocycles. The smallest absolute Gasteiger partial charge is 0.271 e. The summed E-state index contributed by atoms with van der Waals surface area (Å²) in [6.07, 6.45) is 0. The molecular weight excluding hydrogens is 286 g/mol. The number of carbonyl (C=O) groups is 1. The molecule has 0 aliphatic carbocycles. The summed E-state index contributed by atoms with van der Waals surface area (Å²) in [5, 5.41) is 10.4. The van der Waals surface area contributed by atoms with E-state index in [2.05, 4.69) is 15.5 Å². The predicted molar refractivity (Wildman–Crippen MR) is 85.8 cm³/mol. The van der Waals surface area contributed by atoms with Crippen molar-refractivity contribution in [2.75, 3.05) is 19.0 Å². The van der Waals surface area contributed by atoms with Crippen LogP contribution in [-0.4, -0.2) is 35.2 Å². The number of anilines is 2. The summed E-state index contributed by atoms with van der Waals surface area (Å²) in [7, 11) is 3.40. The van der Waals surface area contributed by atoms with E-state index in [1.54, 1.807) is 19.2 Å². The molecule has 108 valence electrons. The lowest BCUT2D eigenvalue weighted by Crippen LogP contribution is -2.20. The minimum absolute atomic E-state index is 0.270. The summed E-state index contributed by atoms with van der Waals surface area (Å²) in [6, 6.07) is 10.8. The second kappa shape index (κ2) is 6.27. The van der Waals surface area contributed by atoms with Gasteiger partial charge in [-0.25, -0.2) is 0 Å². The van der Waals surface area contributed by atoms with E-state index in [1.165, 1.54) is 0 Å². The van der Waals surface area contributed by atoms with Gasteiger partial charge in [0.05, 0.1) is 0 Å². The van der Waals surface area contributed by atoms with Crippen LogP contribution in [0.25, 0.3) is 0 Å². The van der Waals surface area contributed by atoms with Gasteiger partial charge in [0.1, 0.15) is 4.99 Å². The Morgan fingerprint density at radius 2 is 2.05 bits per heavy atom. The summed E-state index contributed by atoms with van der Waals surface area (Å²) in [6.45, 7) is 0. The Morgan fingerprint density at radius 1 is 1.29 bits per heavy atom. The fourth-order valence-electron chi connectivity index (χ4n) is 1.75. The first-order valence-corrected chi connectivity index (χ1v) is 6.63. The highest BCUT2D eigenvalue weighted by Gasteiger charge is 2.10. The predicted octanol–water partition coefficient (Wildman–Crippen LogP) is 1.24. The van der Waals surface area contributed by atoms with Crippen LogP contribution in [0.15, 0.2) is 36.4 Å². The van der Waals surface area contributed by atoms with Gasteiger partial charge in [-0.3, -0.25) is 4.79 Å². The van der Waals surface area contributed by atoms with E-state index in [-0.39, 0.29) is 11.6 Å². The maximum absolute atomic E-state index is 11.4. The number of thiocarbonyl (C=S) groups is 1. The highest BCUT2D eigenvalue weighted by atomic mass is 32.1. The molecule has 0 saturated carbocycles. The fourth-order valence-corrected chi connectivity index (χ4v) is 1.88. The summed E-state index contributed by atoms with van der Waals surface area (Å²) < 4.78 is 0. The van der Waals surface area contributed by atoms with E-state index in [0.717, 1.165) is 11.3 Å². The molecule has 21 heavy (non-hydrogen) atoms. The van der Waals surface area contributed by atoms with Gasteiger partial charge in [-0.05, 0) is 24.3 Å². The molecule has 0 aliphatic rings. The first-order chi connectivity index (χ1) is 10.0. The molecule has 2 rings (SSSR count). The molecule has 0 saturated heterocycles. The monoisotopic (exact) mass is 301 g/mol. The van der Waals surface area contributed by atoms with E-state index in [0.29, 0.717) is 10.8 Å². The summed E-state index contributed by atoms with van der Waals surface area (Å²) >= 11 is 4.97. The molecule has 0 fully saturated rings. The Balaban J connectivity index is 2.27. The lowest BCUT2D eigenvalue weighted by atomic mass is 10.2. The molecule has 0 bridgehead atoms. The van der Waals surface area contributed by atoms with Gasteiger partial charge in [0.15, 0.2) is 11.5 Å². The van der Waals surface area contributed by atoms with Crippen LogP contribution in [0.3, 0.4) is 0 Å². The third kappa shape index (κ3) is 3.32. The van der Waals surface area contributed by atoms with Crippen LogP contribution in [0, 0.1) is 0 Å². The van der Waals surface area contributed by atoms with Crippen LogP contribution in [-0.2, 0) is 0 Å². The quantitative estimate of drug-likeness (QED) is 0.827. The average molecular weight is 301 g/mol. The number of rotatable bonds is 4. The molecule has 0 spiro atoms. The molecule has 2 aromatic rings. The Kier molecular flexibility index (Phi) is 4.44. The number of amides is 1. The first-order valence-electron chi connectivity index (χ1n) is 6.22. The highest BCUT2D eigenvalue weighted by molar-refractivity contribution is 7.80. The second-order valence-electron chi connectivity index (χ2n) is 4.33. The van der Waals surface area contributed by atoms with E-state index in [4.69, 9.17) is 18.0 Å². The molecule has 1 aromatic carbocycles. The molecule has 1 aromatic heterocycles. The Hall–Kier alpha value is -2.54. The largest absolute Gasteiger partial charge is 0.389 e. The van der Waals surface area contributed by atoms with Crippen molar-refractivity contribution in [2.24, 2.45) is 5.73 Å². The van der Waals surface area contributed by atoms with Gasteiger partial charge in [0, 0.05) is 25.3 Å². The molecule has 1 heterocycles. The molecule has 3 N–H and O–H groups in total. The molecule has 0 unspecified atom stereocenters. The van der Waals surface area contributed by atoms with E-state index in [1.807, 2.05) is 36.2 Å². The van der Waals surface area contributed by atoms with Gasteiger partial charge in [0.2, 0.25) is 0 Å². The number of nitrogens with two attached hydrogens (primary N) is 1. The van der Waals surface area contributed by atoms with Crippen molar-refractivity contribution in [1.29, 1.82) is 0 Å². The zero-order valence-corrected chi connectivity index (χ0v) is 12.5. The van der Waals surface area contributed by atoms with Crippen molar-refractivity contribution in [1.82, 2.24) is 15.5 Å². The fraction of sp³-hybridized carbons (Fsp3) is 0.143. The Bertz CT molecular complexity index is 671. The molecule has 0 atom stereocenters. The number of benzene rings is 1. The van der Waals surface area contributed by atoms with Crippen molar-refractivity contribution in [3.05, 3.63) is 47.7 Å². The van der Waals surface area contributed by atoms with Crippen LogP contribution in [0.4, 0.5) is 11.5 Å².